The monoisotopic (exact) mass is 413 g/mol. The van der Waals surface area contributed by atoms with Crippen molar-refractivity contribution in [3.05, 3.63) is 107 Å². The number of amides is 2. The van der Waals surface area contributed by atoms with E-state index in [0.29, 0.717) is 21.8 Å². The molecule has 4 rings (SSSR count). The summed E-state index contributed by atoms with van der Waals surface area (Å²) in [5.74, 6) is -0.526. The van der Waals surface area contributed by atoms with Crippen molar-refractivity contribution >= 4 is 45.9 Å². The van der Waals surface area contributed by atoms with Crippen molar-refractivity contribution in [2.45, 2.75) is 0 Å². The van der Waals surface area contributed by atoms with Crippen molar-refractivity contribution in [3.63, 3.8) is 0 Å². The van der Waals surface area contributed by atoms with Crippen LogP contribution in [-0.2, 0) is 0 Å². The summed E-state index contributed by atoms with van der Waals surface area (Å²) in [4.78, 5) is 25.7. The normalized spacial score (nSPS) is 10.3. The van der Waals surface area contributed by atoms with Gasteiger partial charge in [-0.05, 0) is 60.0 Å². The van der Waals surface area contributed by atoms with Gasteiger partial charge in [-0.3, -0.25) is 9.59 Å². The second kappa shape index (κ2) is 9.07. The zero-order chi connectivity index (χ0) is 20.8. The van der Waals surface area contributed by atoms with Crippen molar-refractivity contribution in [3.8, 4) is 0 Å². The highest BCUT2D eigenvalue weighted by Crippen LogP contribution is 2.22. The first-order chi connectivity index (χ1) is 14.7. The predicted octanol–water partition coefficient (Wildman–Crippen LogP) is 6.00. The van der Waals surface area contributed by atoms with Crippen LogP contribution in [0.1, 0.15) is 20.0 Å². The number of nitrogens with one attached hydrogen (secondary N) is 3. The molecule has 4 aromatic rings. The van der Waals surface area contributed by atoms with Crippen molar-refractivity contribution in [2.75, 3.05) is 16.0 Å². The lowest BCUT2D eigenvalue weighted by Crippen LogP contribution is -2.17. The number of benzene rings is 3. The molecular formula is C24H19N3O2S. The zero-order valence-electron chi connectivity index (χ0n) is 16.0. The van der Waals surface area contributed by atoms with E-state index in [4.69, 9.17) is 0 Å². The van der Waals surface area contributed by atoms with Crippen LogP contribution >= 0.6 is 11.3 Å². The van der Waals surface area contributed by atoms with Gasteiger partial charge in [-0.1, -0.05) is 36.4 Å². The minimum atomic E-state index is -0.291. The van der Waals surface area contributed by atoms with Crippen LogP contribution in [0.4, 0.5) is 22.7 Å². The van der Waals surface area contributed by atoms with E-state index in [9.17, 15) is 9.59 Å². The van der Waals surface area contributed by atoms with Crippen molar-refractivity contribution in [1.29, 1.82) is 0 Å². The Morgan fingerprint density at radius 1 is 0.600 bits per heavy atom. The number of rotatable bonds is 6. The Labute approximate surface area is 178 Å². The Hall–Kier alpha value is -3.90. The van der Waals surface area contributed by atoms with Crippen LogP contribution in [0.3, 0.4) is 0 Å². The number of hydrogen-bond donors (Lipinski definition) is 3. The number of hydrogen-bond acceptors (Lipinski definition) is 4. The third kappa shape index (κ3) is 4.74. The minimum Gasteiger partial charge on any atom is -0.356 e. The maximum absolute atomic E-state index is 12.8. The fourth-order valence-electron chi connectivity index (χ4n) is 2.91. The van der Waals surface area contributed by atoms with E-state index in [0.717, 1.165) is 11.4 Å². The van der Waals surface area contributed by atoms with E-state index < -0.39 is 0 Å². The largest absolute Gasteiger partial charge is 0.356 e. The molecule has 148 valence electrons. The van der Waals surface area contributed by atoms with Crippen molar-refractivity contribution < 1.29 is 9.59 Å². The van der Waals surface area contributed by atoms with Gasteiger partial charge in [0.05, 0.1) is 16.1 Å². The molecule has 0 bridgehead atoms. The molecule has 30 heavy (non-hydrogen) atoms. The average Bonchev–Trinajstić information content (AvgIpc) is 3.31. The van der Waals surface area contributed by atoms with E-state index in [1.165, 1.54) is 11.3 Å². The van der Waals surface area contributed by atoms with Crippen LogP contribution < -0.4 is 16.0 Å². The van der Waals surface area contributed by atoms with Crippen LogP contribution in [0.15, 0.2) is 96.4 Å². The molecule has 0 aliphatic heterocycles. The highest BCUT2D eigenvalue weighted by molar-refractivity contribution is 7.12. The maximum atomic E-state index is 12.8. The Morgan fingerprint density at radius 2 is 1.27 bits per heavy atom. The van der Waals surface area contributed by atoms with Gasteiger partial charge in [0.25, 0.3) is 11.8 Å². The van der Waals surface area contributed by atoms with Crippen LogP contribution in [0.25, 0.3) is 0 Å². The van der Waals surface area contributed by atoms with E-state index >= 15 is 0 Å². The van der Waals surface area contributed by atoms with Crippen LogP contribution in [-0.4, -0.2) is 11.8 Å². The fraction of sp³-hybridized carbons (Fsp3) is 0. The van der Waals surface area contributed by atoms with Gasteiger partial charge in [0, 0.05) is 17.1 Å². The third-order valence-electron chi connectivity index (χ3n) is 4.37. The Balaban J connectivity index is 1.44. The summed E-state index contributed by atoms with van der Waals surface area (Å²) in [5, 5.41) is 10.8. The zero-order valence-corrected chi connectivity index (χ0v) is 16.8. The SMILES string of the molecule is O=C(Nc1ccccc1C(=O)Nc1ccc(Nc2ccccc2)cc1)c1cccs1. The lowest BCUT2D eigenvalue weighted by atomic mass is 10.1. The molecule has 0 atom stereocenters. The van der Waals surface area contributed by atoms with Gasteiger partial charge in [0.2, 0.25) is 0 Å². The molecule has 0 saturated heterocycles. The Kier molecular flexibility index (Phi) is 5.87. The van der Waals surface area contributed by atoms with Crippen LogP contribution in [0.5, 0.6) is 0 Å². The molecule has 3 aromatic carbocycles. The van der Waals surface area contributed by atoms with Gasteiger partial charge >= 0.3 is 0 Å². The number of anilines is 4. The van der Waals surface area contributed by atoms with Gasteiger partial charge in [0.15, 0.2) is 0 Å². The average molecular weight is 414 g/mol. The summed E-state index contributed by atoms with van der Waals surface area (Å²) in [6.07, 6.45) is 0. The maximum Gasteiger partial charge on any atom is 0.265 e. The predicted molar refractivity (Wildman–Crippen MR) is 123 cm³/mol. The molecule has 0 unspecified atom stereocenters. The summed E-state index contributed by atoms with van der Waals surface area (Å²) >= 11 is 1.35. The molecule has 1 heterocycles. The quantitative estimate of drug-likeness (QED) is 0.363. The molecule has 1 aromatic heterocycles. The van der Waals surface area contributed by atoms with Gasteiger partial charge in [-0.15, -0.1) is 11.3 Å². The van der Waals surface area contributed by atoms with Crippen LogP contribution in [0, 0.1) is 0 Å². The smallest absolute Gasteiger partial charge is 0.265 e. The molecule has 0 fully saturated rings. The summed E-state index contributed by atoms with van der Waals surface area (Å²) in [7, 11) is 0. The van der Waals surface area contributed by atoms with Gasteiger partial charge in [0.1, 0.15) is 0 Å². The molecule has 0 aliphatic carbocycles. The first-order valence-corrected chi connectivity index (χ1v) is 10.2. The summed E-state index contributed by atoms with van der Waals surface area (Å²) < 4.78 is 0. The van der Waals surface area contributed by atoms with E-state index in [1.807, 2.05) is 66.0 Å². The van der Waals surface area contributed by atoms with Gasteiger partial charge < -0.3 is 16.0 Å². The van der Waals surface area contributed by atoms with Crippen molar-refractivity contribution in [1.82, 2.24) is 0 Å². The summed E-state index contributed by atoms with van der Waals surface area (Å²) in [6, 6.07) is 27.8. The van der Waals surface area contributed by atoms with Crippen molar-refractivity contribution in [2.24, 2.45) is 0 Å². The number of thiophene rings is 1. The van der Waals surface area contributed by atoms with E-state index in [2.05, 4.69) is 16.0 Å². The molecule has 3 N–H and O–H groups in total. The molecule has 5 nitrogen and oxygen atoms in total. The topological polar surface area (TPSA) is 70.2 Å². The molecule has 0 saturated carbocycles. The van der Waals surface area contributed by atoms with E-state index in [-0.39, 0.29) is 11.8 Å². The number of carbonyl (C=O) groups excluding carboxylic acids is 2. The molecule has 2 amide bonds. The third-order valence-corrected chi connectivity index (χ3v) is 5.24. The second-order valence-electron chi connectivity index (χ2n) is 6.50. The summed E-state index contributed by atoms with van der Waals surface area (Å²) in [5.41, 5.74) is 3.44. The van der Waals surface area contributed by atoms with Crippen LogP contribution in [0.2, 0.25) is 0 Å². The minimum absolute atomic E-state index is 0.235. The highest BCUT2D eigenvalue weighted by atomic mass is 32.1. The second-order valence-corrected chi connectivity index (χ2v) is 7.45. The Morgan fingerprint density at radius 3 is 2.00 bits per heavy atom. The molecule has 0 spiro atoms. The standard InChI is InChI=1S/C24H19N3O2S/c28-23(20-9-4-5-10-21(20)27-24(29)22-11-6-16-30-22)26-19-14-12-18(13-15-19)25-17-7-2-1-3-8-17/h1-16,25H,(H,26,28)(H,27,29). The number of para-hydroxylation sites is 2. The highest BCUT2D eigenvalue weighted by Gasteiger charge is 2.14. The first-order valence-electron chi connectivity index (χ1n) is 9.36. The molecule has 6 heteroatoms. The fourth-order valence-corrected chi connectivity index (χ4v) is 3.52. The number of carbonyl (C=O) groups is 2. The lowest BCUT2D eigenvalue weighted by Gasteiger charge is -2.12. The molecule has 0 aliphatic rings. The Bertz CT molecular complexity index is 1140. The summed E-state index contributed by atoms with van der Waals surface area (Å²) in [6.45, 7) is 0. The van der Waals surface area contributed by atoms with Gasteiger partial charge in [-0.25, -0.2) is 0 Å². The molecular weight excluding hydrogens is 394 g/mol. The van der Waals surface area contributed by atoms with E-state index in [1.54, 1.807) is 30.3 Å². The molecule has 0 radical (unpaired) electrons. The lowest BCUT2D eigenvalue weighted by molar-refractivity contribution is 0.102. The van der Waals surface area contributed by atoms with Gasteiger partial charge in [-0.2, -0.15) is 0 Å². The first kappa shape index (κ1) is 19.4.